The van der Waals surface area contributed by atoms with Crippen molar-refractivity contribution in [3.05, 3.63) is 77.9 Å². The van der Waals surface area contributed by atoms with Crippen LogP contribution in [0.4, 0.5) is 18.9 Å². The lowest BCUT2D eigenvalue weighted by atomic mass is 10.0. The Labute approximate surface area is 179 Å². The number of carboxylic acid groups (broad SMARTS) is 1. The van der Waals surface area contributed by atoms with Crippen molar-refractivity contribution >= 4 is 22.4 Å². The van der Waals surface area contributed by atoms with Gasteiger partial charge in [0.15, 0.2) is 0 Å². The number of benzene rings is 3. The van der Waals surface area contributed by atoms with Crippen molar-refractivity contribution in [2.24, 2.45) is 5.92 Å². The van der Waals surface area contributed by atoms with Crippen LogP contribution in [0.3, 0.4) is 0 Å². The zero-order chi connectivity index (χ0) is 22.4. The number of rotatable bonds is 5. The third-order valence-corrected chi connectivity index (χ3v) is 5.14. The number of nitrogens with zero attached hydrogens (tertiary/aromatic N) is 1. The molecule has 0 saturated carbocycles. The molecule has 1 aliphatic rings. The molecule has 1 heterocycles. The Balaban J connectivity index is 0.000000339. The van der Waals surface area contributed by atoms with Gasteiger partial charge in [0, 0.05) is 37.8 Å². The van der Waals surface area contributed by atoms with Crippen LogP contribution in [0.2, 0.25) is 0 Å². The number of halogens is 3. The summed E-state index contributed by atoms with van der Waals surface area (Å²) in [6.07, 6.45) is -5.08. The van der Waals surface area contributed by atoms with Crippen molar-refractivity contribution in [2.75, 3.05) is 24.5 Å². The largest absolute Gasteiger partial charge is 0.490 e. The highest BCUT2D eigenvalue weighted by molar-refractivity contribution is 5.85. The molecular weight excluding hydrogens is 405 g/mol. The number of carbonyl (C=O) groups is 1. The first kappa shape index (κ1) is 22.6. The summed E-state index contributed by atoms with van der Waals surface area (Å²) in [5.74, 6) is -2.01. The van der Waals surface area contributed by atoms with Crippen LogP contribution in [0.5, 0.6) is 0 Å². The molecule has 0 aromatic heterocycles. The van der Waals surface area contributed by atoms with E-state index in [0.29, 0.717) is 0 Å². The van der Waals surface area contributed by atoms with Gasteiger partial charge in [0.1, 0.15) is 0 Å². The number of aryl methyl sites for hydroxylation is 1. The first-order chi connectivity index (χ1) is 14.7. The molecule has 0 unspecified atom stereocenters. The standard InChI is InChI=1S/C22H24N2.C2HF3O2/c1-17-5-4-6-18(11-17)15-24(16-19-13-23-14-19)22-10-9-20-7-2-3-8-21(20)12-22;3-2(4,5)1(6)7/h2-12,19,23H,13-16H2,1H3;(H,6,7). The van der Waals surface area contributed by atoms with Crippen LogP contribution >= 0.6 is 0 Å². The fraction of sp³-hybridized carbons (Fsp3) is 0.292. The van der Waals surface area contributed by atoms with Crippen molar-refractivity contribution in [3.63, 3.8) is 0 Å². The SMILES string of the molecule is Cc1cccc(CN(CC2CNC2)c2ccc3ccccc3c2)c1.O=C(O)C(F)(F)F. The number of hydrogen-bond acceptors (Lipinski definition) is 3. The lowest BCUT2D eigenvalue weighted by Crippen LogP contribution is -2.48. The lowest BCUT2D eigenvalue weighted by molar-refractivity contribution is -0.192. The topological polar surface area (TPSA) is 52.6 Å². The number of hydrogen-bond donors (Lipinski definition) is 2. The van der Waals surface area contributed by atoms with Crippen molar-refractivity contribution in [1.82, 2.24) is 5.32 Å². The van der Waals surface area contributed by atoms with Crippen LogP contribution in [0, 0.1) is 12.8 Å². The summed E-state index contributed by atoms with van der Waals surface area (Å²) < 4.78 is 31.7. The summed E-state index contributed by atoms with van der Waals surface area (Å²) >= 11 is 0. The summed E-state index contributed by atoms with van der Waals surface area (Å²) in [6.45, 7) is 6.52. The normalized spacial score (nSPS) is 13.8. The summed E-state index contributed by atoms with van der Waals surface area (Å²) in [6, 6.07) is 24.3. The van der Waals surface area contributed by atoms with E-state index in [2.05, 4.69) is 83.9 Å². The Morgan fingerprint density at radius 3 is 2.29 bits per heavy atom. The van der Waals surface area contributed by atoms with E-state index in [1.165, 1.54) is 27.6 Å². The molecule has 0 amide bonds. The third-order valence-electron chi connectivity index (χ3n) is 5.14. The maximum Gasteiger partial charge on any atom is 0.490 e. The number of fused-ring (bicyclic) bond motifs is 1. The summed E-state index contributed by atoms with van der Waals surface area (Å²) in [7, 11) is 0. The van der Waals surface area contributed by atoms with E-state index < -0.39 is 12.1 Å². The van der Waals surface area contributed by atoms with E-state index >= 15 is 0 Å². The molecule has 3 aromatic rings. The molecule has 2 N–H and O–H groups in total. The first-order valence-corrected chi connectivity index (χ1v) is 10.0. The molecule has 7 heteroatoms. The molecule has 0 bridgehead atoms. The molecule has 1 fully saturated rings. The molecule has 4 rings (SSSR count). The third kappa shape index (κ3) is 6.46. The van der Waals surface area contributed by atoms with Crippen LogP contribution in [-0.2, 0) is 11.3 Å². The average Bonchev–Trinajstić information content (AvgIpc) is 2.69. The van der Waals surface area contributed by atoms with Gasteiger partial charge in [0.05, 0.1) is 0 Å². The van der Waals surface area contributed by atoms with Gasteiger partial charge in [-0.2, -0.15) is 13.2 Å². The maximum absolute atomic E-state index is 10.6. The fourth-order valence-electron chi connectivity index (χ4n) is 3.45. The van der Waals surface area contributed by atoms with Crippen molar-refractivity contribution in [3.8, 4) is 0 Å². The Kier molecular flexibility index (Phi) is 7.17. The molecule has 0 aliphatic carbocycles. The second-order valence-electron chi connectivity index (χ2n) is 7.73. The summed E-state index contributed by atoms with van der Waals surface area (Å²) in [5, 5.41) is 13.1. The second kappa shape index (κ2) is 9.83. The van der Waals surface area contributed by atoms with Gasteiger partial charge < -0.3 is 15.3 Å². The average molecular weight is 430 g/mol. The monoisotopic (exact) mass is 430 g/mol. The van der Waals surface area contributed by atoms with Gasteiger partial charge in [0.2, 0.25) is 0 Å². The molecule has 0 atom stereocenters. The van der Waals surface area contributed by atoms with Gasteiger partial charge in [-0.15, -0.1) is 0 Å². The molecule has 0 radical (unpaired) electrons. The minimum Gasteiger partial charge on any atom is -0.475 e. The highest BCUT2D eigenvalue weighted by Crippen LogP contribution is 2.25. The Bertz CT molecular complexity index is 1030. The summed E-state index contributed by atoms with van der Waals surface area (Å²) in [5.41, 5.74) is 4.04. The van der Waals surface area contributed by atoms with Crippen LogP contribution in [-0.4, -0.2) is 36.9 Å². The fourth-order valence-corrected chi connectivity index (χ4v) is 3.45. The number of nitrogens with one attached hydrogen (secondary N) is 1. The molecule has 3 aromatic carbocycles. The smallest absolute Gasteiger partial charge is 0.475 e. The van der Waals surface area contributed by atoms with Gasteiger partial charge in [-0.05, 0) is 35.4 Å². The molecular formula is C24H25F3N2O2. The zero-order valence-corrected chi connectivity index (χ0v) is 17.2. The highest BCUT2D eigenvalue weighted by atomic mass is 19.4. The van der Waals surface area contributed by atoms with E-state index in [9.17, 15) is 13.2 Å². The number of anilines is 1. The molecule has 4 nitrogen and oxygen atoms in total. The van der Waals surface area contributed by atoms with Crippen LogP contribution in [0.15, 0.2) is 66.7 Å². The van der Waals surface area contributed by atoms with Gasteiger partial charge in [-0.1, -0.05) is 60.2 Å². The molecule has 1 aliphatic heterocycles. The molecule has 31 heavy (non-hydrogen) atoms. The van der Waals surface area contributed by atoms with E-state index in [-0.39, 0.29) is 0 Å². The quantitative estimate of drug-likeness (QED) is 0.598. The molecule has 0 spiro atoms. The summed E-state index contributed by atoms with van der Waals surface area (Å²) in [4.78, 5) is 11.4. The maximum atomic E-state index is 10.6. The van der Waals surface area contributed by atoms with Crippen LogP contribution in [0.25, 0.3) is 10.8 Å². The van der Waals surface area contributed by atoms with E-state index in [0.717, 1.165) is 32.1 Å². The number of aliphatic carboxylic acids is 1. The van der Waals surface area contributed by atoms with Crippen LogP contribution in [0.1, 0.15) is 11.1 Å². The van der Waals surface area contributed by atoms with E-state index in [1.54, 1.807) is 0 Å². The molecule has 1 saturated heterocycles. The van der Waals surface area contributed by atoms with Gasteiger partial charge in [0.25, 0.3) is 0 Å². The zero-order valence-electron chi connectivity index (χ0n) is 17.2. The van der Waals surface area contributed by atoms with E-state index in [4.69, 9.17) is 9.90 Å². The predicted molar refractivity (Wildman–Crippen MR) is 116 cm³/mol. The van der Waals surface area contributed by atoms with Gasteiger partial charge in [-0.3, -0.25) is 0 Å². The highest BCUT2D eigenvalue weighted by Gasteiger charge is 2.38. The predicted octanol–water partition coefficient (Wildman–Crippen LogP) is 5.01. The minimum atomic E-state index is -5.08. The minimum absolute atomic E-state index is 0.751. The van der Waals surface area contributed by atoms with Crippen molar-refractivity contribution in [2.45, 2.75) is 19.6 Å². The lowest BCUT2D eigenvalue weighted by Gasteiger charge is -2.35. The number of carboxylic acids is 1. The van der Waals surface area contributed by atoms with Crippen molar-refractivity contribution < 1.29 is 23.1 Å². The van der Waals surface area contributed by atoms with E-state index in [1.807, 2.05) is 0 Å². The van der Waals surface area contributed by atoms with Crippen LogP contribution < -0.4 is 10.2 Å². The number of alkyl halides is 3. The first-order valence-electron chi connectivity index (χ1n) is 10.0. The van der Waals surface area contributed by atoms with Gasteiger partial charge in [-0.25, -0.2) is 4.79 Å². The Morgan fingerprint density at radius 2 is 1.71 bits per heavy atom. The van der Waals surface area contributed by atoms with Crippen molar-refractivity contribution in [1.29, 1.82) is 0 Å². The Hall–Kier alpha value is -3.06. The van der Waals surface area contributed by atoms with Gasteiger partial charge >= 0.3 is 12.1 Å². The Morgan fingerprint density at radius 1 is 1.03 bits per heavy atom. The second-order valence-corrected chi connectivity index (χ2v) is 7.73. The molecule has 164 valence electrons.